The van der Waals surface area contributed by atoms with Gasteiger partial charge in [-0.3, -0.25) is 15.0 Å². The molecule has 0 radical (unpaired) electrons. The van der Waals surface area contributed by atoms with Crippen molar-refractivity contribution in [1.29, 1.82) is 0 Å². The molecule has 7 heteroatoms. The van der Waals surface area contributed by atoms with Crippen LogP contribution in [-0.4, -0.2) is 15.7 Å². The number of aliphatic imine (C=N–C) groups is 1. The van der Waals surface area contributed by atoms with Crippen LogP contribution in [0.15, 0.2) is 47.8 Å². The summed E-state index contributed by atoms with van der Waals surface area (Å²) in [5.74, 6) is -0.887. The predicted molar refractivity (Wildman–Crippen MR) is 147 cm³/mol. The normalized spacial score (nSPS) is 11.9. The van der Waals surface area contributed by atoms with Gasteiger partial charge in [-0.2, -0.15) is 0 Å². The molecule has 0 saturated carbocycles. The Morgan fingerprint density at radius 2 is 1.49 bits per heavy atom. The van der Waals surface area contributed by atoms with Crippen molar-refractivity contribution < 1.29 is 26.7 Å². The number of hydrogen-bond donors (Lipinski definition) is 0. The maximum atomic E-state index is 12.1. The maximum Gasteiger partial charge on any atom is 2.00 e. The van der Waals surface area contributed by atoms with E-state index in [0.29, 0.717) is 16.1 Å². The van der Waals surface area contributed by atoms with E-state index in [2.05, 4.69) is 42.0 Å². The van der Waals surface area contributed by atoms with Crippen molar-refractivity contribution in [2.24, 2.45) is 4.99 Å². The van der Waals surface area contributed by atoms with Gasteiger partial charge in [0.2, 0.25) is 0 Å². The molecule has 0 fully saturated rings. The van der Waals surface area contributed by atoms with E-state index in [1.165, 1.54) is 11.1 Å². The Morgan fingerprint density at radius 3 is 1.92 bits per heavy atom. The molecular formula is C30H38ClN3NiO2. The molecule has 0 N–H and O–H groups in total. The van der Waals surface area contributed by atoms with Crippen LogP contribution >= 0.6 is 11.6 Å². The number of para-hydroxylation sites is 1. The van der Waals surface area contributed by atoms with Crippen LogP contribution in [0.3, 0.4) is 0 Å². The molecule has 0 unspecified atom stereocenters. The fraction of sp³-hybridized carbons (Fsp3) is 0.433. The third kappa shape index (κ3) is 8.28. The number of rotatable bonds is 4. The van der Waals surface area contributed by atoms with E-state index in [9.17, 15) is 10.2 Å². The molecule has 1 aromatic heterocycles. The Kier molecular flexibility index (Phi) is 11.8. The predicted octanol–water partition coefficient (Wildman–Crippen LogP) is 6.82. The molecular weight excluding hydrogens is 528 g/mol. The summed E-state index contributed by atoms with van der Waals surface area (Å²) in [6.07, 6.45) is 7.09. The van der Waals surface area contributed by atoms with Crippen molar-refractivity contribution in [3.63, 3.8) is 0 Å². The minimum atomic E-state index is -0.463. The number of halogens is 1. The van der Waals surface area contributed by atoms with Crippen LogP contribution in [0.5, 0.6) is 11.5 Å². The summed E-state index contributed by atoms with van der Waals surface area (Å²) >= 11 is 6.16. The van der Waals surface area contributed by atoms with Gasteiger partial charge in [0.15, 0.2) is 0 Å². The second kappa shape index (κ2) is 13.4. The molecule has 0 aliphatic heterocycles. The summed E-state index contributed by atoms with van der Waals surface area (Å²) in [6.45, 7) is 17.6. The van der Waals surface area contributed by atoms with Gasteiger partial charge in [0.05, 0.1) is 17.6 Å². The van der Waals surface area contributed by atoms with Crippen LogP contribution in [0.4, 0.5) is 5.69 Å². The molecule has 0 amide bonds. The van der Waals surface area contributed by atoms with E-state index < -0.39 is 16.9 Å². The molecule has 5 nitrogen and oxygen atoms in total. The van der Waals surface area contributed by atoms with Crippen molar-refractivity contribution >= 4 is 23.0 Å². The standard InChI is InChI=1S/C16H19N3.C14H21ClO2.Ni/c1-4-13-7-6-8-14(5-2)16(13)19-12(3)15-11-17-9-10-18-15;1-13(2,3)8-7-9(15)10(14(4,5)6)12(17)11(8)16;/h6-11H,4-5H2,1-3H3;7,16-17H,1-6H3;/q;;+2/p-2. The van der Waals surface area contributed by atoms with Crippen molar-refractivity contribution in [3.05, 3.63) is 75.8 Å². The zero-order valence-electron chi connectivity index (χ0n) is 23.3. The summed E-state index contributed by atoms with van der Waals surface area (Å²) in [7, 11) is 0. The smallest absolute Gasteiger partial charge is 0.873 e. The number of nitrogens with zero attached hydrogens (tertiary/aromatic N) is 3. The summed E-state index contributed by atoms with van der Waals surface area (Å²) in [6, 6.07) is 8.03. The van der Waals surface area contributed by atoms with Crippen LogP contribution in [0.2, 0.25) is 5.02 Å². The molecule has 0 aliphatic rings. The van der Waals surface area contributed by atoms with Gasteiger partial charge in [-0.05, 0) is 58.9 Å². The molecule has 2 aromatic carbocycles. The van der Waals surface area contributed by atoms with Gasteiger partial charge in [-0.25, -0.2) is 0 Å². The van der Waals surface area contributed by atoms with Crippen molar-refractivity contribution in [2.45, 2.75) is 86.0 Å². The van der Waals surface area contributed by atoms with Gasteiger partial charge in [0.25, 0.3) is 0 Å². The zero-order valence-corrected chi connectivity index (χ0v) is 25.1. The van der Waals surface area contributed by atoms with Crippen LogP contribution in [-0.2, 0) is 40.2 Å². The molecule has 3 aromatic rings. The van der Waals surface area contributed by atoms with E-state index in [1.54, 1.807) is 24.7 Å². The van der Waals surface area contributed by atoms with Gasteiger partial charge >= 0.3 is 16.5 Å². The van der Waals surface area contributed by atoms with Crippen LogP contribution in [0.1, 0.15) is 90.3 Å². The Balaban J connectivity index is 0.000000363. The van der Waals surface area contributed by atoms with Crippen molar-refractivity contribution in [2.75, 3.05) is 0 Å². The summed E-state index contributed by atoms with van der Waals surface area (Å²) in [4.78, 5) is 13.2. The quantitative estimate of drug-likeness (QED) is 0.256. The fourth-order valence-electron chi connectivity index (χ4n) is 3.93. The number of aryl methyl sites for hydroxylation is 2. The topological polar surface area (TPSA) is 84.3 Å². The average molecular weight is 567 g/mol. The van der Waals surface area contributed by atoms with Gasteiger partial charge in [-0.15, -0.1) is 11.5 Å². The van der Waals surface area contributed by atoms with Crippen molar-refractivity contribution in [1.82, 2.24) is 9.97 Å². The van der Waals surface area contributed by atoms with E-state index >= 15 is 0 Å². The Labute approximate surface area is 237 Å². The molecule has 3 rings (SSSR count). The molecule has 1 heterocycles. The van der Waals surface area contributed by atoms with E-state index in [1.807, 2.05) is 48.5 Å². The van der Waals surface area contributed by atoms with Crippen LogP contribution < -0.4 is 10.2 Å². The SMILES string of the molecule is CC(C)(C)c1cc(Cl)c(C(C)(C)C)c([O-])c1[O-].CCc1cccc(CC)c1N=C(C)c1cnccn1.[Ni+2]. The fourth-order valence-corrected chi connectivity index (χ4v) is 4.41. The molecule has 0 spiro atoms. The van der Waals surface area contributed by atoms with Gasteiger partial charge in [0.1, 0.15) is 5.69 Å². The second-order valence-corrected chi connectivity index (χ2v) is 11.3. The third-order valence-corrected chi connectivity index (χ3v) is 6.22. The molecule has 37 heavy (non-hydrogen) atoms. The molecule has 0 aliphatic carbocycles. The van der Waals surface area contributed by atoms with Crippen LogP contribution in [0.25, 0.3) is 0 Å². The van der Waals surface area contributed by atoms with Gasteiger partial charge < -0.3 is 10.2 Å². The summed E-state index contributed by atoms with van der Waals surface area (Å²) in [5.41, 5.74) is 5.51. The monoisotopic (exact) mass is 565 g/mol. The first-order valence-corrected chi connectivity index (χ1v) is 12.7. The molecule has 202 valence electrons. The maximum absolute atomic E-state index is 12.1. The molecule has 0 bridgehead atoms. The average Bonchev–Trinajstić information content (AvgIpc) is 2.81. The number of hydrogen-bond acceptors (Lipinski definition) is 5. The number of aromatic nitrogens is 2. The third-order valence-electron chi connectivity index (χ3n) is 5.92. The second-order valence-electron chi connectivity index (χ2n) is 10.9. The summed E-state index contributed by atoms with van der Waals surface area (Å²) < 4.78 is 0. The number of benzene rings is 2. The van der Waals surface area contributed by atoms with Gasteiger partial charge in [-0.1, -0.05) is 85.2 Å². The Bertz CT molecular complexity index is 1190. The first kappa shape index (κ1) is 32.6. The minimum absolute atomic E-state index is 0. The summed E-state index contributed by atoms with van der Waals surface area (Å²) in [5, 5.41) is 24.6. The molecule has 0 atom stereocenters. The zero-order chi connectivity index (χ0) is 27.3. The Morgan fingerprint density at radius 1 is 0.919 bits per heavy atom. The first-order chi connectivity index (χ1) is 16.7. The Hall–Kier alpha value is -2.43. The first-order valence-electron chi connectivity index (χ1n) is 12.4. The minimum Gasteiger partial charge on any atom is -0.873 e. The molecule has 0 saturated heterocycles. The van der Waals surface area contributed by atoms with Gasteiger partial charge in [0, 0.05) is 17.4 Å². The van der Waals surface area contributed by atoms with E-state index in [4.69, 9.17) is 16.6 Å². The largest absolute Gasteiger partial charge is 2.00 e. The van der Waals surface area contributed by atoms with Crippen molar-refractivity contribution in [3.8, 4) is 11.5 Å². The van der Waals surface area contributed by atoms with E-state index in [0.717, 1.165) is 29.9 Å². The van der Waals surface area contributed by atoms with E-state index in [-0.39, 0.29) is 21.9 Å². The van der Waals surface area contributed by atoms with Crippen LogP contribution in [0, 0.1) is 0 Å².